The molecule has 1 saturated heterocycles. The summed E-state index contributed by atoms with van der Waals surface area (Å²) in [7, 11) is 2.03. The lowest BCUT2D eigenvalue weighted by atomic mass is 9.84. The monoisotopic (exact) mass is 418 g/mol. The van der Waals surface area contributed by atoms with Crippen LogP contribution in [0.5, 0.6) is 0 Å². The van der Waals surface area contributed by atoms with Crippen LogP contribution in [0.25, 0.3) is 5.78 Å². The number of hydrogen-bond acceptors (Lipinski definition) is 5. The molecule has 0 spiro atoms. The maximum Gasteiger partial charge on any atom is 0.416 e. The van der Waals surface area contributed by atoms with Crippen molar-refractivity contribution in [3.05, 3.63) is 53.5 Å². The van der Waals surface area contributed by atoms with E-state index in [0.29, 0.717) is 12.3 Å². The molecule has 1 N–H and O–H groups in total. The van der Waals surface area contributed by atoms with Gasteiger partial charge in [0.15, 0.2) is 0 Å². The smallest absolute Gasteiger partial charge is 0.370 e. The Kier molecular flexibility index (Phi) is 5.64. The lowest BCUT2D eigenvalue weighted by molar-refractivity contribution is -0.137. The van der Waals surface area contributed by atoms with Gasteiger partial charge in [0, 0.05) is 24.3 Å². The number of nitrogens with one attached hydrogen (secondary N) is 1. The van der Waals surface area contributed by atoms with Crippen molar-refractivity contribution in [3.63, 3.8) is 0 Å². The van der Waals surface area contributed by atoms with Crippen molar-refractivity contribution in [1.82, 2.24) is 24.5 Å². The van der Waals surface area contributed by atoms with E-state index in [-0.39, 0.29) is 12.0 Å². The van der Waals surface area contributed by atoms with Crippen molar-refractivity contribution < 1.29 is 13.2 Å². The standard InChI is InChI=1S/C21H25F3N6/c1-3-17-11-18(30-20(28-17)26-13-27-30)25-12-15-5-4-10-29(2)19(15)14-6-8-16(9-7-14)21(22,23)24/h6-9,11,13,15,19,25H,3-5,10,12H2,1-2H3. The fourth-order valence-electron chi connectivity index (χ4n) is 4.27. The average Bonchev–Trinajstić information content (AvgIpc) is 3.20. The summed E-state index contributed by atoms with van der Waals surface area (Å²) in [5.74, 6) is 1.63. The Morgan fingerprint density at radius 2 is 1.97 bits per heavy atom. The molecule has 9 heteroatoms. The zero-order chi connectivity index (χ0) is 21.3. The van der Waals surface area contributed by atoms with E-state index in [1.165, 1.54) is 18.5 Å². The van der Waals surface area contributed by atoms with Crippen molar-refractivity contribution in [3.8, 4) is 0 Å². The first-order valence-electron chi connectivity index (χ1n) is 10.2. The fraction of sp³-hybridized carbons (Fsp3) is 0.476. The van der Waals surface area contributed by atoms with E-state index in [0.717, 1.165) is 42.9 Å². The molecule has 2 atom stereocenters. The van der Waals surface area contributed by atoms with Gasteiger partial charge in [-0.15, -0.1) is 0 Å². The maximum atomic E-state index is 12.9. The van der Waals surface area contributed by atoms with Crippen molar-refractivity contribution in [1.29, 1.82) is 0 Å². The molecule has 1 aliphatic heterocycles. The van der Waals surface area contributed by atoms with Crippen molar-refractivity contribution in [2.45, 2.75) is 38.4 Å². The second-order valence-corrected chi connectivity index (χ2v) is 7.79. The summed E-state index contributed by atoms with van der Waals surface area (Å²) in [6, 6.07) is 7.60. The number of aromatic nitrogens is 4. The van der Waals surface area contributed by atoms with Crippen molar-refractivity contribution >= 4 is 11.6 Å². The van der Waals surface area contributed by atoms with Gasteiger partial charge < -0.3 is 5.32 Å². The third-order valence-electron chi connectivity index (χ3n) is 5.80. The number of likely N-dealkylation sites (tertiary alicyclic amines) is 1. The van der Waals surface area contributed by atoms with Gasteiger partial charge in [-0.05, 0) is 56.5 Å². The molecule has 0 aliphatic carbocycles. The van der Waals surface area contributed by atoms with Crippen LogP contribution in [0.3, 0.4) is 0 Å². The Morgan fingerprint density at radius 3 is 2.67 bits per heavy atom. The number of alkyl halides is 3. The quantitative estimate of drug-likeness (QED) is 0.673. The largest absolute Gasteiger partial charge is 0.416 e. The van der Waals surface area contributed by atoms with Crippen LogP contribution in [0.4, 0.5) is 19.0 Å². The van der Waals surface area contributed by atoms with E-state index >= 15 is 0 Å². The van der Waals surface area contributed by atoms with Crippen molar-refractivity contribution in [2.24, 2.45) is 5.92 Å². The normalized spacial score (nSPS) is 20.6. The Morgan fingerprint density at radius 1 is 1.20 bits per heavy atom. The number of hydrogen-bond donors (Lipinski definition) is 1. The lowest BCUT2D eigenvalue weighted by Crippen LogP contribution is -2.39. The van der Waals surface area contributed by atoms with Crippen LogP contribution in [0.1, 0.15) is 42.6 Å². The van der Waals surface area contributed by atoms with Gasteiger partial charge in [0.25, 0.3) is 5.78 Å². The minimum absolute atomic E-state index is 0.0484. The van der Waals surface area contributed by atoms with E-state index in [2.05, 4.69) is 25.3 Å². The average molecular weight is 418 g/mol. The van der Waals surface area contributed by atoms with Crippen LogP contribution < -0.4 is 5.32 Å². The predicted octanol–water partition coefficient (Wildman–Crippen LogP) is 4.20. The molecule has 3 heterocycles. The van der Waals surface area contributed by atoms with Gasteiger partial charge in [-0.1, -0.05) is 19.1 Å². The molecule has 160 valence electrons. The van der Waals surface area contributed by atoms with Crippen molar-refractivity contribution in [2.75, 3.05) is 25.5 Å². The second-order valence-electron chi connectivity index (χ2n) is 7.79. The summed E-state index contributed by atoms with van der Waals surface area (Å²) in [6.45, 7) is 3.64. The molecular formula is C21H25F3N6. The molecule has 1 aromatic carbocycles. The number of piperidine rings is 1. The summed E-state index contributed by atoms with van der Waals surface area (Å²) in [4.78, 5) is 10.9. The Hall–Kier alpha value is -2.68. The van der Waals surface area contributed by atoms with E-state index in [9.17, 15) is 13.2 Å². The molecule has 0 amide bonds. The first kappa shape index (κ1) is 20.6. The first-order valence-corrected chi connectivity index (χ1v) is 10.2. The molecule has 0 bridgehead atoms. The molecule has 4 rings (SSSR count). The van der Waals surface area contributed by atoms with Gasteiger partial charge in [0.2, 0.25) is 0 Å². The number of aryl methyl sites for hydroxylation is 1. The highest BCUT2D eigenvalue weighted by atomic mass is 19.4. The summed E-state index contributed by atoms with van der Waals surface area (Å²) < 4.78 is 40.5. The zero-order valence-electron chi connectivity index (χ0n) is 17.0. The Balaban J connectivity index is 1.56. The van der Waals surface area contributed by atoms with E-state index < -0.39 is 11.7 Å². The molecule has 1 fully saturated rings. The molecular weight excluding hydrogens is 393 g/mol. The molecule has 3 aromatic rings. The second kappa shape index (κ2) is 8.22. The highest BCUT2D eigenvalue weighted by Gasteiger charge is 2.33. The topological polar surface area (TPSA) is 58.4 Å². The minimum Gasteiger partial charge on any atom is -0.370 e. The van der Waals surface area contributed by atoms with Crippen LogP contribution in [0.2, 0.25) is 0 Å². The number of nitrogens with zero attached hydrogens (tertiary/aromatic N) is 5. The van der Waals surface area contributed by atoms with E-state index in [1.807, 2.05) is 20.0 Å². The summed E-state index contributed by atoms with van der Waals surface area (Å²) in [5, 5.41) is 7.73. The third kappa shape index (κ3) is 4.12. The summed E-state index contributed by atoms with van der Waals surface area (Å²) in [5.41, 5.74) is 1.22. The third-order valence-corrected chi connectivity index (χ3v) is 5.80. The Labute approximate surface area is 173 Å². The number of anilines is 1. The SMILES string of the molecule is CCc1cc(NCC2CCCN(C)C2c2ccc(C(F)(F)F)cc2)n2ncnc2n1. The number of benzene rings is 1. The summed E-state index contributed by atoms with van der Waals surface area (Å²) in [6.07, 6.45) is -0.00525. The molecule has 6 nitrogen and oxygen atoms in total. The van der Waals surface area contributed by atoms with Crippen LogP contribution in [0.15, 0.2) is 36.7 Å². The van der Waals surface area contributed by atoms with Crippen LogP contribution >= 0.6 is 0 Å². The van der Waals surface area contributed by atoms with Crippen LogP contribution in [-0.2, 0) is 12.6 Å². The lowest BCUT2D eigenvalue weighted by Gasteiger charge is -2.40. The van der Waals surface area contributed by atoms with E-state index in [1.54, 1.807) is 16.6 Å². The zero-order valence-corrected chi connectivity index (χ0v) is 17.0. The molecule has 1 aliphatic rings. The number of rotatable bonds is 5. The predicted molar refractivity (Wildman–Crippen MR) is 108 cm³/mol. The highest BCUT2D eigenvalue weighted by Crippen LogP contribution is 2.37. The van der Waals surface area contributed by atoms with Gasteiger partial charge in [-0.25, -0.2) is 4.98 Å². The molecule has 0 radical (unpaired) electrons. The Bertz CT molecular complexity index is 998. The summed E-state index contributed by atoms with van der Waals surface area (Å²) >= 11 is 0. The molecule has 2 aromatic heterocycles. The highest BCUT2D eigenvalue weighted by molar-refractivity contribution is 5.45. The molecule has 30 heavy (non-hydrogen) atoms. The fourth-order valence-corrected chi connectivity index (χ4v) is 4.27. The van der Waals surface area contributed by atoms with Gasteiger partial charge in [-0.3, -0.25) is 4.90 Å². The van der Waals surface area contributed by atoms with Crippen LogP contribution in [-0.4, -0.2) is 44.6 Å². The van der Waals surface area contributed by atoms with Gasteiger partial charge in [-0.2, -0.15) is 27.8 Å². The minimum atomic E-state index is -4.32. The van der Waals surface area contributed by atoms with Crippen LogP contribution in [0, 0.1) is 5.92 Å². The van der Waals surface area contributed by atoms with Gasteiger partial charge in [0.05, 0.1) is 5.56 Å². The molecule has 0 saturated carbocycles. The van der Waals surface area contributed by atoms with Gasteiger partial charge in [0.1, 0.15) is 12.1 Å². The number of halogens is 3. The maximum absolute atomic E-state index is 12.9. The molecule has 2 unspecified atom stereocenters. The van der Waals surface area contributed by atoms with E-state index in [4.69, 9.17) is 0 Å². The van der Waals surface area contributed by atoms with Gasteiger partial charge >= 0.3 is 6.18 Å². The first-order chi connectivity index (χ1) is 14.4. The number of fused-ring (bicyclic) bond motifs is 1.